The maximum Gasteiger partial charge on any atom is 0.307 e. The lowest BCUT2D eigenvalue weighted by Gasteiger charge is -2.26. The first-order chi connectivity index (χ1) is 16.5. The third-order valence-electron chi connectivity index (χ3n) is 5.72. The molecule has 0 spiro atoms. The van der Waals surface area contributed by atoms with Crippen molar-refractivity contribution in [1.82, 2.24) is 0 Å². The molecule has 0 aliphatic carbocycles. The van der Waals surface area contributed by atoms with Gasteiger partial charge in [0, 0.05) is 5.56 Å². The second-order valence-corrected chi connectivity index (χ2v) is 11.1. The lowest BCUT2D eigenvalue weighted by atomic mass is 9.91. The van der Waals surface area contributed by atoms with Crippen LogP contribution in [-0.2, 0) is 16.0 Å². The largest absolute Gasteiger partial charge is 0.481 e. The maximum atomic E-state index is 11.2. The van der Waals surface area contributed by atoms with Gasteiger partial charge in [-0.2, -0.15) is 0 Å². The summed E-state index contributed by atoms with van der Waals surface area (Å²) in [6.45, 7) is 12.6. The molecule has 186 valence electrons. The van der Waals surface area contributed by atoms with Crippen LogP contribution in [0.1, 0.15) is 73.1 Å². The van der Waals surface area contributed by atoms with E-state index in [1.807, 2.05) is 13.8 Å². The summed E-state index contributed by atoms with van der Waals surface area (Å²) in [4.78, 5) is 11.2. The average molecular weight is 604 g/mol. The number of halogens is 2. The molecule has 6 heteroatoms. The fourth-order valence-electron chi connectivity index (χ4n) is 4.08. The van der Waals surface area contributed by atoms with Crippen molar-refractivity contribution in [2.45, 2.75) is 66.1 Å². The zero-order chi connectivity index (χ0) is 25.9. The molecule has 0 fully saturated rings. The molecule has 0 aliphatic rings. The normalized spacial score (nSPS) is 12.3. The monoisotopic (exact) mass is 602 g/mol. The van der Waals surface area contributed by atoms with Crippen LogP contribution in [0.5, 0.6) is 11.5 Å². The van der Waals surface area contributed by atoms with E-state index in [4.69, 9.17) is 9.47 Å². The molecular formula is C29H32Br2O4. The number of aliphatic carboxylic acids is 1. The number of benzene rings is 3. The van der Waals surface area contributed by atoms with Gasteiger partial charge in [0.2, 0.25) is 0 Å². The SMILES string of the molecule is Cc1ccc(C(OC(C)C)c2cc(C)c(C(C)C)cc2Oc2c(Br)cc(CC(=O)O)cc2Br)cc1. The summed E-state index contributed by atoms with van der Waals surface area (Å²) in [5, 5.41) is 9.18. The smallest absolute Gasteiger partial charge is 0.307 e. The van der Waals surface area contributed by atoms with Crippen molar-refractivity contribution in [1.29, 1.82) is 0 Å². The van der Waals surface area contributed by atoms with E-state index in [1.165, 1.54) is 16.7 Å². The highest BCUT2D eigenvalue weighted by atomic mass is 79.9. The lowest BCUT2D eigenvalue weighted by molar-refractivity contribution is -0.136. The Balaban J connectivity index is 2.17. The Morgan fingerprint density at radius 2 is 1.51 bits per heavy atom. The Kier molecular flexibility index (Phi) is 9.19. The Hall–Kier alpha value is -2.15. The molecule has 3 aromatic carbocycles. The molecule has 0 bridgehead atoms. The predicted molar refractivity (Wildman–Crippen MR) is 148 cm³/mol. The molecular weight excluding hydrogens is 572 g/mol. The van der Waals surface area contributed by atoms with Gasteiger partial charge in [-0.15, -0.1) is 0 Å². The lowest BCUT2D eigenvalue weighted by Crippen LogP contribution is -2.14. The number of carboxylic acid groups (broad SMARTS) is 1. The van der Waals surface area contributed by atoms with Crippen molar-refractivity contribution < 1.29 is 19.4 Å². The Morgan fingerprint density at radius 1 is 0.914 bits per heavy atom. The number of hydrogen-bond acceptors (Lipinski definition) is 3. The van der Waals surface area contributed by atoms with Gasteiger partial charge in [-0.25, -0.2) is 0 Å². The maximum absolute atomic E-state index is 11.2. The van der Waals surface area contributed by atoms with E-state index >= 15 is 0 Å². The average Bonchev–Trinajstić information content (AvgIpc) is 2.75. The minimum absolute atomic E-state index is 0.00742. The zero-order valence-electron chi connectivity index (χ0n) is 21.0. The van der Waals surface area contributed by atoms with Gasteiger partial charge in [0.15, 0.2) is 5.75 Å². The van der Waals surface area contributed by atoms with Crippen LogP contribution in [0, 0.1) is 13.8 Å². The van der Waals surface area contributed by atoms with Crippen LogP contribution in [0.2, 0.25) is 0 Å². The second kappa shape index (κ2) is 11.7. The molecule has 0 heterocycles. The number of rotatable bonds is 9. The van der Waals surface area contributed by atoms with Gasteiger partial charge in [0.25, 0.3) is 0 Å². The summed E-state index contributed by atoms with van der Waals surface area (Å²) >= 11 is 7.17. The highest BCUT2D eigenvalue weighted by molar-refractivity contribution is 9.11. The molecule has 0 saturated heterocycles. The highest BCUT2D eigenvalue weighted by Crippen LogP contribution is 2.43. The van der Waals surface area contributed by atoms with Gasteiger partial charge in [-0.3, -0.25) is 4.79 Å². The predicted octanol–water partition coefficient (Wildman–Crippen LogP) is 8.89. The van der Waals surface area contributed by atoms with Crippen molar-refractivity contribution in [3.8, 4) is 11.5 Å². The summed E-state index contributed by atoms with van der Waals surface area (Å²) in [5.74, 6) is 0.732. The van der Waals surface area contributed by atoms with Crippen molar-refractivity contribution in [3.63, 3.8) is 0 Å². The molecule has 1 atom stereocenters. The van der Waals surface area contributed by atoms with Crippen LogP contribution >= 0.6 is 31.9 Å². The van der Waals surface area contributed by atoms with Crippen LogP contribution in [-0.4, -0.2) is 17.2 Å². The minimum atomic E-state index is -0.883. The van der Waals surface area contributed by atoms with E-state index < -0.39 is 5.97 Å². The first-order valence-corrected chi connectivity index (χ1v) is 13.3. The van der Waals surface area contributed by atoms with Gasteiger partial charge in [0.05, 0.1) is 21.5 Å². The quantitative estimate of drug-likeness (QED) is 0.265. The topological polar surface area (TPSA) is 55.8 Å². The molecule has 3 aromatic rings. The summed E-state index contributed by atoms with van der Waals surface area (Å²) in [5.41, 5.74) is 6.25. The zero-order valence-corrected chi connectivity index (χ0v) is 24.2. The van der Waals surface area contributed by atoms with Crippen molar-refractivity contribution >= 4 is 37.8 Å². The standard InChI is InChI=1S/C29H32Br2O4/c1-16(2)22-15-26(35-29-24(30)12-20(13-25(29)31)14-27(32)33)23(11-19(22)6)28(34-17(3)4)21-9-7-18(5)8-10-21/h7-13,15-17,28H,14H2,1-6H3,(H,32,33). The van der Waals surface area contributed by atoms with Gasteiger partial charge in [0.1, 0.15) is 11.9 Å². The van der Waals surface area contributed by atoms with E-state index in [9.17, 15) is 9.90 Å². The molecule has 0 aliphatic heterocycles. The highest BCUT2D eigenvalue weighted by Gasteiger charge is 2.24. The molecule has 0 saturated carbocycles. The third-order valence-corrected chi connectivity index (χ3v) is 6.89. The van der Waals surface area contributed by atoms with Crippen LogP contribution in [0.15, 0.2) is 57.5 Å². The molecule has 0 aromatic heterocycles. The van der Waals surface area contributed by atoms with E-state index in [2.05, 4.69) is 96.0 Å². The van der Waals surface area contributed by atoms with E-state index in [0.29, 0.717) is 31.9 Å². The summed E-state index contributed by atoms with van der Waals surface area (Å²) in [6.07, 6.45) is -0.370. The van der Waals surface area contributed by atoms with E-state index in [-0.39, 0.29) is 18.6 Å². The Labute approximate surface area is 224 Å². The molecule has 1 N–H and O–H groups in total. The van der Waals surface area contributed by atoms with E-state index in [0.717, 1.165) is 11.1 Å². The molecule has 0 radical (unpaired) electrons. The first kappa shape index (κ1) is 27.4. The fourth-order valence-corrected chi connectivity index (χ4v) is 5.53. The molecule has 0 amide bonds. The minimum Gasteiger partial charge on any atom is -0.481 e. The number of hydrogen-bond donors (Lipinski definition) is 1. The fraction of sp³-hybridized carbons (Fsp3) is 0.345. The second-order valence-electron chi connectivity index (χ2n) is 9.44. The number of aryl methyl sites for hydroxylation is 2. The van der Waals surface area contributed by atoms with Crippen molar-refractivity contribution in [3.05, 3.63) is 90.9 Å². The molecule has 4 nitrogen and oxygen atoms in total. The van der Waals surface area contributed by atoms with Crippen molar-refractivity contribution in [2.75, 3.05) is 0 Å². The van der Waals surface area contributed by atoms with Gasteiger partial charge < -0.3 is 14.6 Å². The Bertz CT molecular complexity index is 1180. The van der Waals surface area contributed by atoms with Crippen LogP contribution in [0.3, 0.4) is 0 Å². The summed E-state index contributed by atoms with van der Waals surface area (Å²) in [6, 6.07) is 16.2. The third kappa shape index (κ3) is 6.96. The van der Waals surface area contributed by atoms with Crippen LogP contribution in [0.25, 0.3) is 0 Å². The van der Waals surface area contributed by atoms with Gasteiger partial charge >= 0.3 is 5.97 Å². The molecule has 3 rings (SSSR count). The number of carboxylic acids is 1. The summed E-state index contributed by atoms with van der Waals surface area (Å²) < 4.78 is 14.4. The van der Waals surface area contributed by atoms with Crippen molar-refractivity contribution in [2.24, 2.45) is 0 Å². The Morgan fingerprint density at radius 3 is 2.03 bits per heavy atom. The summed E-state index contributed by atoms with van der Waals surface area (Å²) in [7, 11) is 0. The van der Waals surface area contributed by atoms with Gasteiger partial charge in [-0.1, -0.05) is 43.7 Å². The molecule has 1 unspecified atom stereocenters. The van der Waals surface area contributed by atoms with Crippen LogP contribution < -0.4 is 4.74 Å². The van der Waals surface area contributed by atoms with Crippen LogP contribution in [0.4, 0.5) is 0 Å². The van der Waals surface area contributed by atoms with E-state index in [1.54, 1.807) is 12.1 Å². The number of ether oxygens (including phenoxy) is 2. The van der Waals surface area contributed by atoms with Gasteiger partial charge in [-0.05, 0) is 112 Å². The first-order valence-electron chi connectivity index (χ1n) is 11.7. The number of carbonyl (C=O) groups is 1. The molecule has 35 heavy (non-hydrogen) atoms.